The molecule has 2 rings (SSSR count). The third-order valence-electron chi connectivity index (χ3n) is 3.85. The van der Waals surface area contributed by atoms with Crippen LogP contribution in [0.1, 0.15) is 31.9 Å². The van der Waals surface area contributed by atoms with Gasteiger partial charge in [0.25, 0.3) is 0 Å². The number of thioether (sulfide) groups is 1. The first kappa shape index (κ1) is 21.5. The molecule has 0 bridgehead atoms. The van der Waals surface area contributed by atoms with Crippen LogP contribution in [0, 0.1) is 0 Å². The Balaban J connectivity index is 1.99. The summed E-state index contributed by atoms with van der Waals surface area (Å²) >= 11 is 6.76. The average Bonchev–Trinajstić information content (AvgIpc) is 3.04. The molecular weight excluding hydrogens is 393 g/mol. The van der Waals surface area contributed by atoms with Crippen LogP contribution in [0.4, 0.5) is 18.9 Å². The van der Waals surface area contributed by atoms with E-state index in [0.717, 1.165) is 29.9 Å². The third-order valence-corrected chi connectivity index (χ3v) is 5.31. The zero-order chi connectivity index (χ0) is 19.9. The van der Waals surface area contributed by atoms with Crippen LogP contribution in [0.15, 0.2) is 18.3 Å². The number of allylic oxidation sites excluding steroid dienone is 3. The van der Waals surface area contributed by atoms with Gasteiger partial charge in [0.2, 0.25) is 0 Å². The van der Waals surface area contributed by atoms with Crippen molar-refractivity contribution in [2.45, 2.75) is 38.8 Å². The molecule has 0 amide bonds. The summed E-state index contributed by atoms with van der Waals surface area (Å²) in [5.74, 6) is 3.36. The van der Waals surface area contributed by atoms with Crippen molar-refractivity contribution < 1.29 is 13.2 Å². The van der Waals surface area contributed by atoms with Crippen molar-refractivity contribution in [3.63, 3.8) is 0 Å². The minimum absolute atomic E-state index is 0.0624. The number of aryl methyl sites for hydroxylation is 1. The second kappa shape index (κ2) is 9.95. The van der Waals surface area contributed by atoms with E-state index < -0.39 is 12.6 Å². The van der Waals surface area contributed by atoms with E-state index in [0.29, 0.717) is 17.2 Å². The molecule has 4 nitrogen and oxygen atoms in total. The minimum atomic E-state index is -4.10. The van der Waals surface area contributed by atoms with Crippen molar-refractivity contribution >= 4 is 52.4 Å². The first-order valence-electron chi connectivity index (χ1n) is 8.64. The molecule has 0 unspecified atom stereocenters. The molecule has 1 aromatic heterocycles. The largest absolute Gasteiger partial charge is 0.389 e. The van der Waals surface area contributed by atoms with Gasteiger partial charge in [-0.05, 0) is 22.9 Å². The van der Waals surface area contributed by atoms with Crippen LogP contribution in [0.5, 0.6) is 0 Å². The Morgan fingerprint density at radius 3 is 2.81 bits per heavy atom. The summed E-state index contributed by atoms with van der Waals surface area (Å²) in [6.07, 6.45) is 4.62. The molecule has 146 valence electrons. The van der Waals surface area contributed by atoms with Gasteiger partial charge in [0.05, 0.1) is 35.1 Å². The highest BCUT2D eigenvalue weighted by atomic mass is 32.2. The number of alkyl halides is 3. The maximum atomic E-state index is 12.2. The van der Waals surface area contributed by atoms with E-state index in [2.05, 4.69) is 22.6 Å². The smallest absolute Gasteiger partial charge is 0.336 e. The number of hydrogen-bond donors (Lipinski definition) is 0. The fourth-order valence-electron chi connectivity index (χ4n) is 2.43. The SMILES string of the molecule is CCCc1nn(C2=CC=C=[N+]=C2)cc1N(C)C(=S)CCSCCC(F)(F)F. The highest BCUT2D eigenvalue weighted by Gasteiger charge is 2.26. The Morgan fingerprint density at radius 2 is 2.19 bits per heavy atom. The lowest BCUT2D eigenvalue weighted by atomic mass is 10.2. The molecule has 2 heterocycles. The Kier molecular flexibility index (Phi) is 7.92. The quantitative estimate of drug-likeness (QED) is 0.348. The number of hydrogen-bond acceptors (Lipinski definition) is 3. The molecule has 1 aliphatic rings. The van der Waals surface area contributed by atoms with Crippen LogP contribution in [0.3, 0.4) is 0 Å². The Hall–Kier alpha value is -1.79. The van der Waals surface area contributed by atoms with Gasteiger partial charge in [-0.1, -0.05) is 25.6 Å². The maximum Gasteiger partial charge on any atom is 0.389 e. The van der Waals surface area contributed by atoms with Gasteiger partial charge in [0, 0.05) is 19.2 Å². The molecule has 0 N–H and O–H groups in total. The van der Waals surface area contributed by atoms with E-state index in [9.17, 15) is 13.2 Å². The Labute approximate surface area is 166 Å². The highest BCUT2D eigenvalue weighted by molar-refractivity contribution is 7.99. The van der Waals surface area contributed by atoms with Crippen LogP contribution in [0.25, 0.3) is 5.70 Å². The molecule has 0 aliphatic carbocycles. The van der Waals surface area contributed by atoms with Crippen molar-refractivity contribution in [2.75, 3.05) is 23.5 Å². The van der Waals surface area contributed by atoms with Gasteiger partial charge in [-0.25, -0.2) is 4.68 Å². The molecule has 0 spiro atoms. The van der Waals surface area contributed by atoms with Crippen molar-refractivity contribution in [2.24, 2.45) is 0 Å². The number of aromatic nitrogens is 2. The van der Waals surface area contributed by atoms with E-state index in [-0.39, 0.29) is 5.75 Å². The topological polar surface area (TPSA) is 35.2 Å². The van der Waals surface area contributed by atoms with Crippen molar-refractivity contribution in [1.82, 2.24) is 14.4 Å². The molecule has 1 aliphatic heterocycles. The summed E-state index contributed by atoms with van der Waals surface area (Å²) in [5.41, 5.74) is 2.68. The lowest BCUT2D eigenvalue weighted by molar-refractivity contribution is -0.129. The van der Waals surface area contributed by atoms with Crippen molar-refractivity contribution in [1.29, 1.82) is 0 Å². The molecule has 9 heteroatoms. The van der Waals surface area contributed by atoms with E-state index in [1.54, 1.807) is 17.0 Å². The van der Waals surface area contributed by atoms with E-state index in [1.807, 2.05) is 24.2 Å². The predicted molar refractivity (Wildman–Crippen MR) is 112 cm³/mol. The van der Waals surface area contributed by atoms with Crippen LogP contribution in [-0.4, -0.2) is 51.6 Å². The third kappa shape index (κ3) is 6.70. The van der Waals surface area contributed by atoms with E-state index >= 15 is 0 Å². The van der Waals surface area contributed by atoms with Gasteiger partial charge in [-0.2, -0.15) is 30.0 Å². The normalized spacial score (nSPS) is 13.1. The molecule has 0 saturated carbocycles. The number of thiocarbonyl (C=S) groups is 1. The maximum absolute atomic E-state index is 12.2. The summed E-state index contributed by atoms with van der Waals surface area (Å²) < 4.78 is 42.3. The lowest BCUT2D eigenvalue weighted by Crippen LogP contribution is -2.25. The van der Waals surface area contributed by atoms with Crippen molar-refractivity contribution in [3.05, 3.63) is 24.0 Å². The van der Waals surface area contributed by atoms with Gasteiger partial charge in [0.15, 0.2) is 0 Å². The Bertz CT molecular complexity index is 798. The van der Waals surface area contributed by atoms with Gasteiger partial charge in [0.1, 0.15) is 5.70 Å². The van der Waals surface area contributed by atoms with Crippen LogP contribution in [0.2, 0.25) is 0 Å². The molecule has 0 radical (unpaired) electrons. The van der Waals surface area contributed by atoms with Gasteiger partial charge in [-0.3, -0.25) is 0 Å². The summed E-state index contributed by atoms with van der Waals surface area (Å²) in [6.45, 7) is 2.08. The van der Waals surface area contributed by atoms with Crippen LogP contribution < -0.4 is 9.57 Å². The summed E-state index contributed by atoms with van der Waals surface area (Å²) in [6, 6.07) is 0. The summed E-state index contributed by atoms with van der Waals surface area (Å²) in [4.78, 5) is 2.59. The molecule has 27 heavy (non-hydrogen) atoms. The molecular formula is C18H22F3N4S2+. The van der Waals surface area contributed by atoms with Crippen LogP contribution in [-0.2, 0) is 6.42 Å². The first-order chi connectivity index (χ1) is 12.8. The standard InChI is InChI=1S/C18H22F3N4S2/c1-3-5-15-16(13-25(23-15)14-6-4-9-22-12-14)24(2)17(26)7-10-27-11-8-18(19,20)21/h4,6,12-13H,3,5,7-8,10-11H2,1-2H3/q+1. The molecule has 0 saturated heterocycles. The van der Waals surface area contributed by atoms with Crippen molar-refractivity contribution in [3.8, 4) is 0 Å². The van der Waals surface area contributed by atoms with E-state index in [1.165, 1.54) is 11.8 Å². The lowest BCUT2D eigenvalue weighted by Gasteiger charge is -2.19. The molecule has 0 fully saturated rings. The van der Waals surface area contributed by atoms with Gasteiger partial charge < -0.3 is 4.90 Å². The van der Waals surface area contributed by atoms with Gasteiger partial charge >= 0.3 is 18.3 Å². The van der Waals surface area contributed by atoms with E-state index in [4.69, 9.17) is 12.2 Å². The predicted octanol–water partition coefficient (Wildman–Crippen LogP) is 3.89. The number of nitrogens with zero attached hydrogens (tertiary/aromatic N) is 4. The second-order valence-electron chi connectivity index (χ2n) is 5.98. The first-order valence-corrected chi connectivity index (χ1v) is 10.2. The number of halogens is 3. The zero-order valence-corrected chi connectivity index (χ0v) is 16.9. The molecule has 1 aromatic rings. The van der Waals surface area contributed by atoms with Crippen LogP contribution >= 0.6 is 24.0 Å². The number of rotatable bonds is 9. The second-order valence-corrected chi connectivity index (χ2v) is 7.68. The number of anilines is 1. The highest BCUT2D eigenvalue weighted by Crippen LogP contribution is 2.25. The Morgan fingerprint density at radius 1 is 1.41 bits per heavy atom. The summed E-state index contributed by atoms with van der Waals surface area (Å²) in [7, 11) is 1.88. The zero-order valence-electron chi connectivity index (χ0n) is 15.3. The monoisotopic (exact) mass is 415 g/mol. The molecule has 0 aromatic carbocycles. The average molecular weight is 416 g/mol. The minimum Gasteiger partial charge on any atom is -0.336 e. The fourth-order valence-corrected chi connectivity index (χ4v) is 3.67. The molecule has 0 atom stereocenters. The summed E-state index contributed by atoms with van der Waals surface area (Å²) in [5, 5.41) is 4.64. The fraction of sp³-hybridized carbons (Fsp3) is 0.500. The van der Waals surface area contributed by atoms with Gasteiger partial charge in [-0.15, -0.1) is 0 Å².